The van der Waals surface area contributed by atoms with Gasteiger partial charge in [-0.3, -0.25) is 9.59 Å². The van der Waals surface area contributed by atoms with E-state index in [2.05, 4.69) is 13.8 Å². The lowest BCUT2D eigenvalue weighted by Crippen LogP contribution is -2.25. The Morgan fingerprint density at radius 1 is 0.536 bits per heavy atom. The molecule has 0 unspecified atom stereocenters. The van der Waals surface area contributed by atoms with Crippen molar-refractivity contribution in [3.05, 3.63) is 45.0 Å². The summed E-state index contributed by atoms with van der Waals surface area (Å²) in [7, 11) is 0. The van der Waals surface area contributed by atoms with Gasteiger partial charge in [0.05, 0.1) is 11.0 Å². The zero-order chi connectivity index (χ0) is 20.2. The van der Waals surface area contributed by atoms with E-state index in [4.69, 9.17) is 0 Å². The number of fused-ring (bicyclic) bond motifs is 1. The topological polar surface area (TPSA) is 44.0 Å². The maximum atomic E-state index is 12.4. The molecule has 2 rings (SSSR count). The molecule has 0 amide bonds. The number of nitrogens with zero attached hydrogens (tertiary/aromatic N) is 2. The quantitative estimate of drug-likeness (QED) is 0.380. The first kappa shape index (κ1) is 22.4. The Kier molecular flexibility index (Phi) is 10.1. The SMILES string of the molecule is CCCCCCCCn1c(=O)ccc2c1ccc(=O)n2CCCCCCCC. The predicted octanol–water partition coefficient (Wildman–Crippen LogP) is 5.88. The van der Waals surface area contributed by atoms with Crippen LogP contribution in [0, 0.1) is 0 Å². The Bertz CT molecular complexity index is 750. The highest BCUT2D eigenvalue weighted by atomic mass is 16.1. The zero-order valence-electron chi connectivity index (χ0n) is 17.9. The largest absolute Gasteiger partial charge is 0.307 e. The summed E-state index contributed by atoms with van der Waals surface area (Å²) in [4.78, 5) is 24.9. The Morgan fingerprint density at radius 2 is 0.893 bits per heavy atom. The van der Waals surface area contributed by atoms with Crippen LogP contribution < -0.4 is 11.1 Å². The lowest BCUT2D eigenvalue weighted by atomic mass is 10.1. The van der Waals surface area contributed by atoms with E-state index in [9.17, 15) is 9.59 Å². The number of hydrogen-bond acceptors (Lipinski definition) is 2. The second kappa shape index (κ2) is 12.6. The van der Waals surface area contributed by atoms with E-state index in [-0.39, 0.29) is 11.1 Å². The molecule has 4 heteroatoms. The summed E-state index contributed by atoms with van der Waals surface area (Å²) in [6.07, 6.45) is 14.4. The van der Waals surface area contributed by atoms with E-state index >= 15 is 0 Å². The lowest BCUT2D eigenvalue weighted by molar-refractivity contribution is 0.550. The number of aromatic nitrogens is 2. The molecule has 0 bridgehead atoms. The number of aryl methyl sites for hydroxylation is 2. The maximum Gasteiger partial charge on any atom is 0.251 e. The van der Waals surface area contributed by atoms with Gasteiger partial charge in [-0.1, -0.05) is 78.1 Å². The molecule has 0 atom stereocenters. The fraction of sp³-hybridized carbons (Fsp3) is 0.667. The summed E-state index contributed by atoms with van der Waals surface area (Å²) in [6.45, 7) is 5.91. The van der Waals surface area contributed by atoms with E-state index in [1.165, 1.54) is 51.4 Å². The Hall–Kier alpha value is -1.84. The average Bonchev–Trinajstić information content (AvgIpc) is 2.70. The van der Waals surface area contributed by atoms with Gasteiger partial charge < -0.3 is 9.13 Å². The third-order valence-corrected chi connectivity index (χ3v) is 5.61. The minimum atomic E-state index is 0.0332. The summed E-state index contributed by atoms with van der Waals surface area (Å²) < 4.78 is 3.71. The first-order valence-electron chi connectivity index (χ1n) is 11.4. The van der Waals surface area contributed by atoms with Gasteiger partial charge in [-0.05, 0) is 25.0 Å². The van der Waals surface area contributed by atoms with Crippen LogP contribution in [0.5, 0.6) is 0 Å². The van der Waals surface area contributed by atoms with E-state index in [0.717, 1.165) is 49.8 Å². The first-order valence-corrected chi connectivity index (χ1v) is 11.4. The fourth-order valence-corrected chi connectivity index (χ4v) is 3.91. The van der Waals surface area contributed by atoms with Crippen LogP contribution in [0.3, 0.4) is 0 Å². The second-order valence-corrected chi connectivity index (χ2v) is 7.95. The Balaban J connectivity index is 2.07. The number of pyridine rings is 2. The van der Waals surface area contributed by atoms with Gasteiger partial charge in [-0.25, -0.2) is 0 Å². The molecule has 0 spiro atoms. The van der Waals surface area contributed by atoms with Crippen molar-refractivity contribution < 1.29 is 0 Å². The van der Waals surface area contributed by atoms with Crippen molar-refractivity contribution in [1.29, 1.82) is 0 Å². The van der Waals surface area contributed by atoms with Gasteiger partial charge in [0, 0.05) is 25.2 Å². The van der Waals surface area contributed by atoms with Crippen LogP contribution in [0.2, 0.25) is 0 Å². The van der Waals surface area contributed by atoms with E-state index in [1.54, 1.807) is 12.1 Å². The molecule has 156 valence electrons. The third kappa shape index (κ3) is 6.65. The highest BCUT2D eigenvalue weighted by molar-refractivity contribution is 5.74. The molecule has 2 heterocycles. The standard InChI is InChI=1S/C24H38N2O2/c1-3-5-7-9-11-13-19-25-21-15-18-24(28)26(22(21)16-17-23(25)27)20-14-12-10-8-6-4-2/h15-18H,3-14,19-20H2,1-2H3. The lowest BCUT2D eigenvalue weighted by Gasteiger charge is -2.14. The van der Waals surface area contributed by atoms with Crippen molar-refractivity contribution in [3.8, 4) is 0 Å². The van der Waals surface area contributed by atoms with Crippen molar-refractivity contribution in [1.82, 2.24) is 9.13 Å². The fourth-order valence-electron chi connectivity index (χ4n) is 3.91. The Morgan fingerprint density at radius 3 is 1.29 bits per heavy atom. The van der Waals surface area contributed by atoms with Crippen molar-refractivity contribution >= 4 is 11.0 Å². The molecule has 0 saturated carbocycles. The van der Waals surface area contributed by atoms with Gasteiger partial charge >= 0.3 is 0 Å². The number of rotatable bonds is 14. The van der Waals surface area contributed by atoms with E-state index in [1.807, 2.05) is 21.3 Å². The summed E-state index contributed by atoms with van der Waals surface area (Å²) >= 11 is 0. The van der Waals surface area contributed by atoms with Crippen molar-refractivity contribution in [2.24, 2.45) is 0 Å². The molecule has 0 saturated heterocycles. The van der Waals surface area contributed by atoms with Gasteiger partial charge in [0.25, 0.3) is 11.1 Å². The summed E-state index contributed by atoms with van der Waals surface area (Å²) in [5.74, 6) is 0. The highest BCUT2D eigenvalue weighted by Crippen LogP contribution is 2.14. The van der Waals surface area contributed by atoms with Crippen LogP contribution in [0.4, 0.5) is 0 Å². The molecular formula is C24H38N2O2. The summed E-state index contributed by atoms with van der Waals surface area (Å²) in [6, 6.07) is 6.90. The van der Waals surface area contributed by atoms with Crippen molar-refractivity contribution in [2.45, 2.75) is 104 Å². The average molecular weight is 387 g/mol. The van der Waals surface area contributed by atoms with Crippen LogP contribution in [-0.4, -0.2) is 9.13 Å². The summed E-state index contributed by atoms with van der Waals surface area (Å²) in [5, 5.41) is 0. The maximum absolute atomic E-state index is 12.4. The minimum Gasteiger partial charge on any atom is -0.307 e. The summed E-state index contributed by atoms with van der Waals surface area (Å²) in [5.41, 5.74) is 1.86. The monoisotopic (exact) mass is 386 g/mol. The van der Waals surface area contributed by atoms with Crippen LogP contribution in [-0.2, 0) is 13.1 Å². The molecule has 0 aromatic carbocycles. The minimum absolute atomic E-state index is 0.0332. The second-order valence-electron chi connectivity index (χ2n) is 7.95. The molecule has 0 aliphatic heterocycles. The van der Waals surface area contributed by atoms with Gasteiger partial charge in [0.1, 0.15) is 0 Å². The van der Waals surface area contributed by atoms with Crippen molar-refractivity contribution in [3.63, 3.8) is 0 Å². The smallest absolute Gasteiger partial charge is 0.251 e. The van der Waals surface area contributed by atoms with Crippen LogP contribution in [0.1, 0.15) is 90.9 Å². The Labute approximate surface area is 169 Å². The molecule has 0 N–H and O–H groups in total. The van der Waals surface area contributed by atoms with Crippen LogP contribution in [0.25, 0.3) is 11.0 Å². The van der Waals surface area contributed by atoms with Crippen molar-refractivity contribution in [2.75, 3.05) is 0 Å². The van der Waals surface area contributed by atoms with Gasteiger partial charge in [-0.2, -0.15) is 0 Å². The van der Waals surface area contributed by atoms with Gasteiger partial charge in [-0.15, -0.1) is 0 Å². The molecule has 0 aliphatic rings. The normalized spacial score (nSPS) is 11.4. The molecule has 2 aromatic heterocycles. The number of unbranched alkanes of at least 4 members (excludes halogenated alkanes) is 10. The molecule has 0 aliphatic carbocycles. The molecule has 28 heavy (non-hydrogen) atoms. The van der Waals surface area contributed by atoms with Gasteiger partial charge in [0.2, 0.25) is 0 Å². The zero-order valence-corrected chi connectivity index (χ0v) is 17.9. The van der Waals surface area contributed by atoms with E-state index in [0.29, 0.717) is 0 Å². The van der Waals surface area contributed by atoms with E-state index < -0.39 is 0 Å². The predicted molar refractivity (Wildman–Crippen MR) is 119 cm³/mol. The van der Waals surface area contributed by atoms with Crippen LogP contribution in [0.15, 0.2) is 33.9 Å². The molecule has 2 aromatic rings. The van der Waals surface area contributed by atoms with Crippen LogP contribution >= 0.6 is 0 Å². The molecule has 4 nitrogen and oxygen atoms in total. The number of hydrogen-bond donors (Lipinski definition) is 0. The molecular weight excluding hydrogens is 348 g/mol. The third-order valence-electron chi connectivity index (χ3n) is 5.61. The molecule has 0 fully saturated rings. The molecule has 0 radical (unpaired) electrons. The first-order chi connectivity index (χ1) is 13.7. The highest BCUT2D eigenvalue weighted by Gasteiger charge is 2.08. The van der Waals surface area contributed by atoms with Gasteiger partial charge in [0.15, 0.2) is 0 Å².